The second-order valence-electron chi connectivity index (χ2n) is 2.62. The molecular formula is C10H7N3. The minimum atomic E-state index is 0.656. The smallest absolute Gasteiger partial charge is 0.187 e. The maximum atomic E-state index is 6.79. The normalized spacial score (nSPS) is 9.46. The number of aromatic amines is 1. The average Bonchev–Trinajstić information content (AvgIpc) is 2.71. The van der Waals surface area contributed by atoms with Crippen LogP contribution in [-0.2, 0) is 0 Å². The van der Waals surface area contributed by atoms with Gasteiger partial charge in [-0.25, -0.2) is 9.83 Å². The summed E-state index contributed by atoms with van der Waals surface area (Å²) in [4.78, 5) is 10.2. The molecule has 0 atom stereocenters. The Morgan fingerprint density at radius 1 is 1.23 bits per heavy atom. The summed E-state index contributed by atoms with van der Waals surface area (Å²) < 4.78 is 0. The molecule has 0 radical (unpaired) electrons. The van der Waals surface area contributed by atoms with Crippen LogP contribution >= 0.6 is 0 Å². The van der Waals surface area contributed by atoms with Crippen LogP contribution in [0.2, 0.25) is 0 Å². The van der Waals surface area contributed by atoms with Gasteiger partial charge in [0.2, 0.25) is 0 Å². The first-order valence-corrected chi connectivity index (χ1v) is 3.86. The SMILES string of the molecule is [C-]#[N+]c1ccc(-c2cnc[nH]2)cc1. The summed E-state index contributed by atoms with van der Waals surface area (Å²) in [7, 11) is 0. The van der Waals surface area contributed by atoms with Crippen LogP contribution in [0.4, 0.5) is 5.69 Å². The van der Waals surface area contributed by atoms with Gasteiger partial charge in [0, 0.05) is 0 Å². The number of H-pyrrole nitrogens is 1. The van der Waals surface area contributed by atoms with E-state index in [2.05, 4.69) is 14.8 Å². The number of hydrogen-bond acceptors (Lipinski definition) is 1. The van der Waals surface area contributed by atoms with Crippen molar-refractivity contribution in [3.8, 4) is 11.3 Å². The molecular weight excluding hydrogens is 162 g/mol. The van der Waals surface area contributed by atoms with Crippen molar-refractivity contribution in [1.29, 1.82) is 0 Å². The second kappa shape index (κ2) is 3.11. The van der Waals surface area contributed by atoms with Crippen LogP contribution in [0.15, 0.2) is 36.8 Å². The first-order valence-electron chi connectivity index (χ1n) is 3.86. The molecule has 3 nitrogen and oxygen atoms in total. The standard InChI is InChI=1S/C10H7N3/c1-11-9-4-2-8(3-5-9)10-6-12-7-13-10/h2-7H,(H,12,13). The van der Waals surface area contributed by atoms with Crippen molar-refractivity contribution >= 4 is 5.69 Å². The molecule has 0 aliphatic rings. The number of rotatable bonds is 1. The minimum absolute atomic E-state index is 0.656. The summed E-state index contributed by atoms with van der Waals surface area (Å²) in [5.74, 6) is 0. The van der Waals surface area contributed by atoms with E-state index < -0.39 is 0 Å². The Morgan fingerprint density at radius 2 is 2.00 bits per heavy atom. The molecule has 0 saturated heterocycles. The lowest BCUT2D eigenvalue weighted by Crippen LogP contribution is -1.74. The van der Waals surface area contributed by atoms with Crippen LogP contribution in [-0.4, -0.2) is 9.97 Å². The fraction of sp³-hybridized carbons (Fsp3) is 0. The summed E-state index contributed by atoms with van der Waals surface area (Å²) in [5.41, 5.74) is 2.67. The van der Waals surface area contributed by atoms with Crippen molar-refractivity contribution in [2.45, 2.75) is 0 Å². The zero-order valence-electron chi connectivity index (χ0n) is 6.86. The van der Waals surface area contributed by atoms with E-state index in [0.29, 0.717) is 5.69 Å². The quantitative estimate of drug-likeness (QED) is 0.654. The Bertz CT molecular complexity index is 420. The topological polar surface area (TPSA) is 33.0 Å². The van der Waals surface area contributed by atoms with E-state index in [1.54, 1.807) is 24.7 Å². The second-order valence-corrected chi connectivity index (χ2v) is 2.62. The number of aromatic nitrogens is 2. The molecule has 0 amide bonds. The van der Waals surface area contributed by atoms with Gasteiger partial charge >= 0.3 is 0 Å². The highest BCUT2D eigenvalue weighted by Crippen LogP contribution is 2.19. The molecule has 0 saturated carbocycles. The van der Waals surface area contributed by atoms with E-state index in [-0.39, 0.29) is 0 Å². The van der Waals surface area contributed by atoms with E-state index in [0.717, 1.165) is 11.3 Å². The molecule has 0 bridgehead atoms. The number of imidazole rings is 1. The van der Waals surface area contributed by atoms with Gasteiger partial charge in [0.25, 0.3) is 0 Å². The van der Waals surface area contributed by atoms with Crippen molar-refractivity contribution < 1.29 is 0 Å². The first-order chi connectivity index (χ1) is 6.40. The maximum absolute atomic E-state index is 6.79. The molecule has 0 aliphatic heterocycles. The monoisotopic (exact) mass is 169 g/mol. The van der Waals surface area contributed by atoms with Gasteiger partial charge < -0.3 is 4.98 Å². The highest BCUT2D eigenvalue weighted by Gasteiger charge is 1.97. The number of hydrogen-bond donors (Lipinski definition) is 1. The van der Waals surface area contributed by atoms with Crippen LogP contribution in [0, 0.1) is 6.57 Å². The summed E-state index contributed by atoms with van der Waals surface area (Å²) in [6.45, 7) is 6.79. The molecule has 13 heavy (non-hydrogen) atoms. The lowest BCUT2D eigenvalue weighted by molar-refractivity contribution is 1.31. The molecule has 62 valence electrons. The van der Waals surface area contributed by atoms with E-state index in [1.165, 1.54) is 0 Å². The summed E-state index contributed by atoms with van der Waals surface area (Å²) in [6.07, 6.45) is 3.39. The maximum Gasteiger partial charge on any atom is 0.187 e. The molecule has 1 heterocycles. The highest BCUT2D eigenvalue weighted by atomic mass is 14.9. The largest absolute Gasteiger partial charge is 0.345 e. The number of benzene rings is 1. The Kier molecular flexibility index (Phi) is 1.81. The molecule has 0 aliphatic carbocycles. The summed E-state index contributed by atoms with van der Waals surface area (Å²) in [6, 6.07) is 7.40. The van der Waals surface area contributed by atoms with Crippen molar-refractivity contribution in [1.82, 2.24) is 9.97 Å². The third kappa shape index (κ3) is 1.42. The van der Waals surface area contributed by atoms with Crippen LogP contribution in [0.1, 0.15) is 0 Å². The summed E-state index contributed by atoms with van der Waals surface area (Å²) >= 11 is 0. The van der Waals surface area contributed by atoms with Gasteiger partial charge in [-0.15, -0.1) is 0 Å². The Labute approximate surface area is 75.9 Å². The molecule has 1 aromatic heterocycles. The van der Waals surface area contributed by atoms with Gasteiger partial charge in [0.1, 0.15) is 0 Å². The van der Waals surface area contributed by atoms with E-state index in [1.807, 2.05) is 12.1 Å². The lowest BCUT2D eigenvalue weighted by Gasteiger charge is -1.95. The lowest BCUT2D eigenvalue weighted by atomic mass is 10.1. The van der Waals surface area contributed by atoms with E-state index in [4.69, 9.17) is 6.57 Å². The van der Waals surface area contributed by atoms with Gasteiger partial charge in [-0.2, -0.15) is 0 Å². The zero-order valence-corrected chi connectivity index (χ0v) is 6.86. The molecule has 1 aromatic carbocycles. The average molecular weight is 169 g/mol. The molecule has 2 aromatic rings. The van der Waals surface area contributed by atoms with Gasteiger partial charge in [-0.1, -0.05) is 24.3 Å². The van der Waals surface area contributed by atoms with E-state index in [9.17, 15) is 0 Å². The molecule has 0 unspecified atom stereocenters. The van der Waals surface area contributed by atoms with Crippen LogP contribution < -0.4 is 0 Å². The van der Waals surface area contributed by atoms with Gasteiger partial charge in [0.05, 0.1) is 24.8 Å². The number of nitrogens with zero attached hydrogens (tertiary/aromatic N) is 2. The van der Waals surface area contributed by atoms with Crippen molar-refractivity contribution in [3.05, 3.63) is 48.2 Å². The van der Waals surface area contributed by atoms with E-state index >= 15 is 0 Å². The predicted molar refractivity (Wildman–Crippen MR) is 50.3 cm³/mol. The fourth-order valence-electron chi connectivity index (χ4n) is 1.13. The zero-order chi connectivity index (χ0) is 9.10. The molecule has 2 rings (SSSR count). The highest BCUT2D eigenvalue weighted by molar-refractivity contribution is 5.62. The Balaban J connectivity index is 2.40. The fourth-order valence-corrected chi connectivity index (χ4v) is 1.13. The van der Waals surface area contributed by atoms with Crippen molar-refractivity contribution in [3.63, 3.8) is 0 Å². The predicted octanol–water partition coefficient (Wildman–Crippen LogP) is 2.63. The van der Waals surface area contributed by atoms with Gasteiger partial charge in [0.15, 0.2) is 5.69 Å². The van der Waals surface area contributed by atoms with Crippen molar-refractivity contribution in [2.75, 3.05) is 0 Å². The minimum Gasteiger partial charge on any atom is -0.345 e. The molecule has 1 N–H and O–H groups in total. The van der Waals surface area contributed by atoms with Crippen molar-refractivity contribution in [2.24, 2.45) is 0 Å². The Morgan fingerprint density at radius 3 is 2.54 bits per heavy atom. The van der Waals surface area contributed by atoms with Crippen LogP contribution in [0.5, 0.6) is 0 Å². The van der Waals surface area contributed by atoms with Gasteiger partial charge in [-0.05, 0) is 5.56 Å². The third-order valence-corrected chi connectivity index (χ3v) is 1.81. The van der Waals surface area contributed by atoms with Gasteiger partial charge in [-0.3, -0.25) is 0 Å². The molecule has 0 fully saturated rings. The summed E-state index contributed by atoms with van der Waals surface area (Å²) in [5, 5.41) is 0. The Hall–Kier alpha value is -2.08. The molecule has 3 heteroatoms. The first kappa shape index (κ1) is 7.56. The van der Waals surface area contributed by atoms with Crippen LogP contribution in [0.25, 0.3) is 16.1 Å². The van der Waals surface area contributed by atoms with Crippen LogP contribution in [0.3, 0.4) is 0 Å². The molecule has 0 spiro atoms. The number of nitrogens with one attached hydrogen (secondary N) is 1. The third-order valence-electron chi connectivity index (χ3n) is 1.81.